The summed E-state index contributed by atoms with van der Waals surface area (Å²) in [5, 5.41) is 0. The molecule has 0 amide bonds. The summed E-state index contributed by atoms with van der Waals surface area (Å²) in [4.78, 5) is 10.5. The molecule has 5 rings (SSSR count). The van der Waals surface area contributed by atoms with Crippen molar-refractivity contribution in [3.63, 3.8) is 0 Å². The van der Waals surface area contributed by atoms with Crippen molar-refractivity contribution in [2.75, 3.05) is 13.1 Å². The summed E-state index contributed by atoms with van der Waals surface area (Å²) >= 11 is 0. The number of ether oxygens (including phenoxy) is 1. The lowest BCUT2D eigenvalue weighted by molar-refractivity contribution is -0.0107. The number of halogens is 1. The normalized spacial score (nSPS) is 28.7. The Balaban J connectivity index is 1.48. The van der Waals surface area contributed by atoms with Crippen molar-refractivity contribution in [2.24, 2.45) is 4.99 Å². The number of amidine groups is 1. The van der Waals surface area contributed by atoms with Gasteiger partial charge < -0.3 is 14.5 Å². The lowest BCUT2D eigenvalue weighted by Gasteiger charge is -2.41. The van der Waals surface area contributed by atoms with Crippen LogP contribution in [0, 0.1) is 12.4 Å². The molecule has 2 heterocycles. The van der Waals surface area contributed by atoms with E-state index in [-0.39, 0.29) is 23.5 Å². The van der Waals surface area contributed by atoms with Crippen molar-refractivity contribution >= 4 is 6.02 Å². The third-order valence-corrected chi connectivity index (χ3v) is 5.92. The molecular weight excluding hydrogens is 341 g/mol. The average molecular weight is 361 g/mol. The minimum absolute atomic E-state index is 0.0406. The molecule has 4 nitrogen and oxygen atoms in total. The Morgan fingerprint density at radius 2 is 1.93 bits per heavy atom. The summed E-state index contributed by atoms with van der Waals surface area (Å²) < 4.78 is 19.8. The SMILES string of the molecule is [C-]#[N+]C1CC2(CN=C(N3CCc4ccccc4[C@@H]3c3ccc(F)cc3)O2)C1. The third kappa shape index (κ3) is 2.68. The molecule has 0 N–H and O–H groups in total. The standard InChI is InChI=1S/C22H20FN3O/c1-24-18-12-22(13-18)14-25-21(27-22)26-11-10-15-4-2-3-5-19(15)20(26)16-6-8-17(23)9-7-16/h2-9,18,20H,10-14H2/t18?,20-,22?/m0/s1. The van der Waals surface area contributed by atoms with Crippen LogP contribution < -0.4 is 0 Å². The first kappa shape index (κ1) is 16.3. The highest BCUT2D eigenvalue weighted by Gasteiger charge is 2.55. The molecule has 1 aliphatic carbocycles. The van der Waals surface area contributed by atoms with Crippen LogP contribution in [0.3, 0.4) is 0 Å². The van der Waals surface area contributed by atoms with Crippen molar-refractivity contribution in [3.8, 4) is 0 Å². The van der Waals surface area contributed by atoms with Gasteiger partial charge >= 0.3 is 0 Å². The van der Waals surface area contributed by atoms with Crippen LogP contribution in [0.25, 0.3) is 4.85 Å². The Bertz CT molecular complexity index is 941. The summed E-state index contributed by atoms with van der Waals surface area (Å²) in [5.41, 5.74) is 3.28. The van der Waals surface area contributed by atoms with Gasteiger partial charge in [0, 0.05) is 6.54 Å². The maximum atomic E-state index is 13.5. The van der Waals surface area contributed by atoms with Gasteiger partial charge in [0.25, 0.3) is 6.02 Å². The van der Waals surface area contributed by atoms with E-state index in [1.54, 1.807) is 0 Å². The van der Waals surface area contributed by atoms with Gasteiger partial charge in [-0.2, -0.15) is 0 Å². The van der Waals surface area contributed by atoms with Crippen LogP contribution in [0.2, 0.25) is 0 Å². The van der Waals surface area contributed by atoms with Crippen molar-refractivity contribution in [3.05, 3.63) is 82.5 Å². The molecule has 0 bridgehead atoms. The highest BCUT2D eigenvalue weighted by Crippen LogP contribution is 2.44. The number of benzene rings is 2. The summed E-state index contributed by atoms with van der Waals surface area (Å²) in [7, 11) is 0. The number of fused-ring (bicyclic) bond motifs is 1. The van der Waals surface area contributed by atoms with Crippen LogP contribution >= 0.6 is 0 Å². The number of nitrogens with zero attached hydrogens (tertiary/aromatic N) is 3. The predicted molar refractivity (Wildman–Crippen MR) is 101 cm³/mol. The molecule has 0 unspecified atom stereocenters. The number of hydrogen-bond donors (Lipinski definition) is 0. The van der Waals surface area contributed by atoms with Gasteiger partial charge in [-0.05, 0) is 35.2 Å². The van der Waals surface area contributed by atoms with Crippen molar-refractivity contribution in [1.29, 1.82) is 0 Å². The first-order chi connectivity index (χ1) is 13.2. The van der Waals surface area contributed by atoms with Crippen molar-refractivity contribution in [2.45, 2.75) is 36.9 Å². The molecule has 1 spiro atoms. The molecule has 136 valence electrons. The Morgan fingerprint density at radius 1 is 1.15 bits per heavy atom. The van der Waals surface area contributed by atoms with E-state index in [1.165, 1.54) is 23.3 Å². The van der Waals surface area contributed by atoms with Crippen LogP contribution in [0.5, 0.6) is 0 Å². The highest BCUT2D eigenvalue weighted by molar-refractivity contribution is 5.78. The van der Waals surface area contributed by atoms with Gasteiger partial charge in [-0.3, -0.25) is 0 Å². The number of aliphatic imine (C=N–C) groups is 1. The molecule has 0 saturated heterocycles. The zero-order chi connectivity index (χ0) is 18.4. The Kier molecular flexibility index (Phi) is 3.68. The molecule has 1 fully saturated rings. The Morgan fingerprint density at radius 3 is 2.70 bits per heavy atom. The van der Waals surface area contributed by atoms with Gasteiger partial charge in [0.1, 0.15) is 11.4 Å². The lowest BCUT2D eigenvalue weighted by Crippen LogP contribution is -2.51. The maximum Gasteiger partial charge on any atom is 0.288 e. The van der Waals surface area contributed by atoms with E-state index in [1.807, 2.05) is 18.2 Å². The van der Waals surface area contributed by atoms with E-state index >= 15 is 0 Å². The minimum Gasteiger partial charge on any atom is -0.456 e. The van der Waals surface area contributed by atoms with Crippen LogP contribution in [-0.4, -0.2) is 35.7 Å². The van der Waals surface area contributed by atoms with E-state index in [4.69, 9.17) is 16.3 Å². The maximum absolute atomic E-state index is 13.5. The van der Waals surface area contributed by atoms with Gasteiger partial charge in [0.05, 0.1) is 25.4 Å². The predicted octanol–water partition coefficient (Wildman–Crippen LogP) is 3.98. The van der Waals surface area contributed by atoms with Gasteiger partial charge in [0.2, 0.25) is 6.04 Å². The van der Waals surface area contributed by atoms with E-state index in [9.17, 15) is 4.39 Å². The number of rotatable bonds is 1. The molecular formula is C22H20FN3O. The highest BCUT2D eigenvalue weighted by atomic mass is 19.1. The summed E-state index contributed by atoms with van der Waals surface area (Å²) in [6.45, 7) is 8.62. The van der Waals surface area contributed by atoms with Crippen LogP contribution in [0.15, 0.2) is 53.5 Å². The first-order valence-electron chi connectivity index (χ1n) is 9.37. The lowest BCUT2D eigenvalue weighted by atomic mass is 9.76. The number of hydrogen-bond acceptors (Lipinski definition) is 3. The van der Waals surface area contributed by atoms with E-state index < -0.39 is 0 Å². The van der Waals surface area contributed by atoms with Crippen LogP contribution in [0.4, 0.5) is 4.39 Å². The van der Waals surface area contributed by atoms with E-state index in [0.29, 0.717) is 12.6 Å². The third-order valence-electron chi connectivity index (χ3n) is 5.92. The molecule has 2 aromatic carbocycles. The van der Waals surface area contributed by atoms with E-state index in [0.717, 1.165) is 31.4 Å². The monoisotopic (exact) mass is 361 g/mol. The molecule has 2 aliphatic heterocycles. The van der Waals surface area contributed by atoms with Gasteiger partial charge in [-0.1, -0.05) is 36.4 Å². The van der Waals surface area contributed by atoms with Crippen LogP contribution in [0.1, 0.15) is 35.6 Å². The van der Waals surface area contributed by atoms with Crippen LogP contribution in [-0.2, 0) is 11.2 Å². The zero-order valence-corrected chi connectivity index (χ0v) is 14.9. The summed E-state index contributed by atoms with van der Waals surface area (Å²) in [5.74, 6) is -0.234. The largest absolute Gasteiger partial charge is 0.456 e. The van der Waals surface area contributed by atoms with Crippen molar-refractivity contribution < 1.29 is 9.13 Å². The van der Waals surface area contributed by atoms with Gasteiger partial charge in [-0.15, -0.1) is 0 Å². The fourth-order valence-corrected chi connectivity index (χ4v) is 4.50. The van der Waals surface area contributed by atoms with Gasteiger partial charge in [0.15, 0.2) is 0 Å². The first-order valence-corrected chi connectivity index (χ1v) is 9.37. The fourth-order valence-electron chi connectivity index (χ4n) is 4.50. The quantitative estimate of drug-likeness (QED) is 0.719. The fraction of sp³-hybridized carbons (Fsp3) is 0.364. The van der Waals surface area contributed by atoms with E-state index in [2.05, 4.69) is 27.9 Å². The molecule has 1 atom stereocenters. The minimum atomic E-state index is -0.283. The second-order valence-electron chi connectivity index (χ2n) is 7.67. The Hall–Kier alpha value is -2.87. The summed E-state index contributed by atoms with van der Waals surface area (Å²) in [6.07, 6.45) is 2.44. The molecule has 3 aliphatic rings. The second-order valence-corrected chi connectivity index (χ2v) is 7.67. The average Bonchev–Trinajstić information content (AvgIpc) is 3.12. The molecule has 5 heteroatoms. The summed E-state index contributed by atoms with van der Waals surface area (Å²) in [6, 6.07) is 15.8. The Labute approximate surface area is 158 Å². The van der Waals surface area contributed by atoms with Gasteiger partial charge in [-0.25, -0.2) is 16.0 Å². The molecule has 0 radical (unpaired) electrons. The molecule has 0 aromatic heterocycles. The molecule has 1 saturated carbocycles. The second kappa shape index (κ2) is 6.09. The van der Waals surface area contributed by atoms with Crippen molar-refractivity contribution in [1.82, 2.24) is 4.90 Å². The molecule has 27 heavy (non-hydrogen) atoms. The molecule has 2 aromatic rings. The topological polar surface area (TPSA) is 29.2 Å². The smallest absolute Gasteiger partial charge is 0.288 e. The zero-order valence-electron chi connectivity index (χ0n) is 14.9.